The van der Waals surface area contributed by atoms with Gasteiger partial charge in [-0.25, -0.2) is 0 Å². The molecule has 0 aromatic heterocycles. The van der Waals surface area contributed by atoms with E-state index in [2.05, 4.69) is 10.6 Å². The summed E-state index contributed by atoms with van der Waals surface area (Å²) in [4.78, 5) is 23.0. The lowest BCUT2D eigenvalue weighted by atomic mass is 10.0. The SMILES string of the molecule is CCCC(=O)NCC(=O)NC1CC1c1ccccc1C(F)(F)F. The van der Waals surface area contributed by atoms with E-state index in [0.29, 0.717) is 19.3 Å². The van der Waals surface area contributed by atoms with Gasteiger partial charge in [0.2, 0.25) is 11.8 Å². The molecule has 0 heterocycles. The van der Waals surface area contributed by atoms with Gasteiger partial charge in [-0.05, 0) is 24.5 Å². The Labute approximate surface area is 132 Å². The van der Waals surface area contributed by atoms with Gasteiger partial charge in [0, 0.05) is 18.4 Å². The van der Waals surface area contributed by atoms with Crippen molar-refractivity contribution in [1.29, 1.82) is 0 Å². The number of amides is 2. The standard InChI is InChI=1S/C16H19F3N2O2/c1-2-5-14(22)20-9-15(23)21-13-8-11(13)10-6-3-4-7-12(10)16(17,18)19/h3-4,6-7,11,13H,2,5,8-9H2,1H3,(H,20,22)(H,21,23). The van der Waals surface area contributed by atoms with Crippen LogP contribution in [0.1, 0.15) is 43.2 Å². The van der Waals surface area contributed by atoms with Crippen LogP contribution in [0, 0.1) is 0 Å². The van der Waals surface area contributed by atoms with E-state index in [4.69, 9.17) is 0 Å². The molecule has 1 aromatic rings. The molecular formula is C16H19F3N2O2. The minimum atomic E-state index is -4.40. The summed E-state index contributed by atoms with van der Waals surface area (Å²) in [6, 6.07) is 5.10. The van der Waals surface area contributed by atoms with E-state index < -0.39 is 11.7 Å². The smallest absolute Gasteiger partial charge is 0.351 e. The molecule has 1 aromatic carbocycles. The molecule has 23 heavy (non-hydrogen) atoms. The Morgan fingerprint density at radius 1 is 1.22 bits per heavy atom. The van der Waals surface area contributed by atoms with Crippen molar-refractivity contribution in [2.45, 2.75) is 44.3 Å². The Kier molecular flexibility index (Phi) is 5.28. The van der Waals surface area contributed by atoms with Crippen molar-refractivity contribution in [2.75, 3.05) is 6.54 Å². The molecule has 1 aliphatic carbocycles. The molecule has 1 fully saturated rings. The van der Waals surface area contributed by atoms with Crippen molar-refractivity contribution < 1.29 is 22.8 Å². The maximum Gasteiger partial charge on any atom is 0.416 e. The van der Waals surface area contributed by atoms with E-state index in [-0.39, 0.29) is 35.9 Å². The first-order valence-corrected chi connectivity index (χ1v) is 7.55. The monoisotopic (exact) mass is 328 g/mol. The van der Waals surface area contributed by atoms with Crippen LogP contribution in [0.15, 0.2) is 24.3 Å². The van der Waals surface area contributed by atoms with Crippen LogP contribution >= 0.6 is 0 Å². The predicted molar refractivity (Wildman–Crippen MR) is 78.7 cm³/mol. The summed E-state index contributed by atoms with van der Waals surface area (Å²) in [5.74, 6) is -0.924. The lowest BCUT2D eigenvalue weighted by Gasteiger charge is -2.12. The largest absolute Gasteiger partial charge is 0.416 e. The number of carbonyl (C=O) groups is 2. The van der Waals surface area contributed by atoms with Crippen LogP contribution in [0.2, 0.25) is 0 Å². The number of nitrogens with one attached hydrogen (secondary N) is 2. The van der Waals surface area contributed by atoms with Crippen LogP contribution < -0.4 is 10.6 Å². The van der Waals surface area contributed by atoms with Gasteiger partial charge in [0.05, 0.1) is 12.1 Å². The van der Waals surface area contributed by atoms with Gasteiger partial charge in [-0.1, -0.05) is 25.1 Å². The summed E-state index contributed by atoms with van der Waals surface area (Å²) < 4.78 is 38.9. The molecule has 0 spiro atoms. The predicted octanol–water partition coefficient (Wildman–Crippen LogP) is 2.59. The van der Waals surface area contributed by atoms with Gasteiger partial charge in [0.15, 0.2) is 0 Å². The van der Waals surface area contributed by atoms with Gasteiger partial charge >= 0.3 is 6.18 Å². The number of halogens is 3. The fourth-order valence-corrected chi connectivity index (χ4v) is 2.53. The Balaban J connectivity index is 1.89. The summed E-state index contributed by atoms with van der Waals surface area (Å²) in [5, 5.41) is 5.13. The average molecular weight is 328 g/mol. The van der Waals surface area contributed by atoms with E-state index >= 15 is 0 Å². The molecule has 1 saturated carbocycles. The van der Waals surface area contributed by atoms with Crippen molar-refractivity contribution in [2.24, 2.45) is 0 Å². The van der Waals surface area contributed by atoms with E-state index in [0.717, 1.165) is 6.07 Å². The van der Waals surface area contributed by atoms with Crippen molar-refractivity contribution in [3.63, 3.8) is 0 Å². The van der Waals surface area contributed by atoms with E-state index in [1.165, 1.54) is 12.1 Å². The number of hydrogen-bond acceptors (Lipinski definition) is 2. The number of benzene rings is 1. The first-order chi connectivity index (χ1) is 10.8. The molecule has 2 atom stereocenters. The van der Waals surface area contributed by atoms with Crippen LogP contribution in [-0.4, -0.2) is 24.4 Å². The Morgan fingerprint density at radius 3 is 2.57 bits per heavy atom. The van der Waals surface area contributed by atoms with Crippen molar-refractivity contribution in [3.8, 4) is 0 Å². The summed E-state index contributed by atoms with van der Waals surface area (Å²) in [6.07, 6.45) is -2.89. The van der Waals surface area contributed by atoms with Crippen molar-refractivity contribution in [1.82, 2.24) is 10.6 Å². The van der Waals surface area contributed by atoms with Crippen LogP contribution in [0.4, 0.5) is 13.2 Å². The average Bonchev–Trinajstić information content (AvgIpc) is 3.23. The Bertz CT molecular complexity index is 587. The molecule has 1 aliphatic rings. The number of carbonyl (C=O) groups excluding carboxylic acids is 2. The van der Waals surface area contributed by atoms with Gasteiger partial charge < -0.3 is 10.6 Å². The van der Waals surface area contributed by atoms with E-state index in [9.17, 15) is 22.8 Å². The van der Waals surface area contributed by atoms with E-state index in [1.54, 1.807) is 6.07 Å². The molecule has 0 saturated heterocycles. The second kappa shape index (κ2) is 7.02. The second-order valence-corrected chi connectivity index (χ2v) is 5.63. The maximum atomic E-state index is 13.0. The lowest BCUT2D eigenvalue weighted by Crippen LogP contribution is -2.38. The lowest BCUT2D eigenvalue weighted by molar-refractivity contribution is -0.138. The highest BCUT2D eigenvalue weighted by Gasteiger charge is 2.44. The fourth-order valence-electron chi connectivity index (χ4n) is 2.53. The van der Waals surface area contributed by atoms with Crippen LogP contribution in [0.3, 0.4) is 0 Å². The summed E-state index contributed by atoms with van der Waals surface area (Å²) >= 11 is 0. The second-order valence-electron chi connectivity index (χ2n) is 5.63. The molecule has 2 N–H and O–H groups in total. The first-order valence-electron chi connectivity index (χ1n) is 7.55. The highest BCUT2D eigenvalue weighted by Crippen LogP contribution is 2.46. The quantitative estimate of drug-likeness (QED) is 0.843. The van der Waals surface area contributed by atoms with Gasteiger partial charge in [-0.3, -0.25) is 9.59 Å². The summed E-state index contributed by atoms with van der Waals surface area (Å²) in [7, 11) is 0. The third-order valence-corrected chi connectivity index (χ3v) is 3.73. The molecule has 2 unspecified atom stereocenters. The van der Waals surface area contributed by atoms with Crippen LogP contribution in [-0.2, 0) is 15.8 Å². The zero-order valence-electron chi connectivity index (χ0n) is 12.7. The summed E-state index contributed by atoms with van der Waals surface area (Å²) in [6.45, 7) is 1.70. The maximum absolute atomic E-state index is 13.0. The first kappa shape index (κ1) is 17.3. The van der Waals surface area contributed by atoms with Crippen LogP contribution in [0.5, 0.6) is 0 Å². The number of alkyl halides is 3. The fraction of sp³-hybridized carbons (Fsp3) is 0.500. The molecule has 2 rings (SSSR count). The molecule has 7 heteroatoms. The molecular weight excluding hydrogens is 309 g/mol. The zero-order chi connectivity index (χ0) is 17.0. The summed E-state index contributed by atoms with van der Waals surface area (Å²) in [5.41, 5.74) is -0.446. The van der Waals surface area contributed by atoms with Gasteiger partial charge in [0.1, 0.15) is 0 Å². The molecule has 0 aliphatic heterocycles. The third-order valence-electron chi connectivity index (χ3n) is 3.73. The topological polar surface area (TPSA) is 58.2 Å². The molecule has 4 nitrogen and oxygen atoms in total. The number of rotatable bonds is 6. The normalized spacial score (nSPS) is 20.0. The highest BCUT2D eigenvalue weighted by atomic mass is 19.4. The van der Waals surface area contributed by atoms with Crippen LogP contribution in [0.25, 0.3) is 0 Å². The third kappa shape index (κ3) is 4.71. The van der Waals surface area contributed by atoms with Crippen molar-refractivity contribution in [3.05, 3.63) is 35.4 Å². The molecule has 0 radical (unpaired) electrons. The molecule has 126 valence electrons. The van der Waals surface area contributed by atoms with Gasteiger partial charge in [0.25, 0.3) is 0 Å². The Morgan fingerprint density at radius 2 is 1.91 bits per heavy atom. The molecule has 0 bridgehead atoms. The van der Waals surface area contributed by atoms with Gasteiger partial charge in [-0.2, -0.15) is 13.2 Å². The zero-order valence-corrected chi connectivity index (χ0v) is 12.7. The highest BCUT2D eigenvalue weighted by molar-refractivity contribution is 5.85. The van der Waals surface area contributed by atoms with Gasteiger partial charge in [-0.15, -0.1) is 0 Å². The van der Waals surface area contributed by atoms with Crippen molar-refractivity contribution >= 4 is 11.8 Å². The minimum absolute atomic E-state index is 0.150. The Hall–Kier alpha value is -2.05. The number of hydrogen-bond donors (Lipinski definition) is 2. The molecule has 2 amide bonds. The van der Waals surface area contributed by atoms with E-state index in [1.807, 2.05) is 6.92 Å². The minimum Gasteiger partial charge on any atom is -0.351 e.